The number of para-hydroxylation sites is 1. The van der Waals surface area contributed by atoms with Crippen LogP contribution in [0.2, 0.25) is 0 Å². The van der Waals surface area contributed by atoms with Crippen LogP contribution in [-0.4, -0.2) is 38.6 Å². The molecule has 0 atom stereocenters. The molecular formula is C19H23F2N3O. The highest BCUT2D eigenvalue weighted by atomic mass is 19.2. The number of halogens is 2. The van der Waals surface area contributed by atoms with Gasteiger partial charge in [0.2, 0.25) is 0 Å². The fourth-order valence-corrected chi connectivity index (χ4v) is 2.60. The fourth-order valence-electron chi connectivity index (χ4n) is 2.60. The first-order chi connectivity index (χ1) is 12.1. The lowest BCUT2D eigenvalue weighted by molar-refractivity contribution is 0.396. The highest BCUT2D eigenvalue weighted by molar-refractivity contribution is 5.79. The van der Waals surface area contributed by atoms with Gasteiger partial charge in [-0.2, -0.15) is 0 Å². The van der Waals surface area contributed by atoms with Gasteiger partial charge in [0.1, 0.15) is 5.75 Å². The summed E-state index contributed by atoms with van der Waals surface area (Å²) in [4.78, 5) is 6.18. The molecule has 0 saturated carbocycles. The minimum Gasteiger partial charge on any atom is -0.496 e. The van der Waals surface area contributed by atoms with Crippen molar-refractivity contribution >= 4 is 5.96 Å². The molecule has 0 aliphatic heterocycles. The van der Waals surface area contributed by atoms with Gasteiger partial charge in [0, 0.05) is 32.7 Å². The van der Waals surface area contributed by atoms with Gasteiger partial charge >= 0.3 is 0 Å². The van der Waals surface area contributed by atoms with Crippen LogP contribution in [0.3, 0.4) is 0 Å². The Kier molecular flexibility index (Phi) is 6.74. The summed E-state index contributed by atoms with van der Waals surface area (Å²) < 4.78 is 32.3. The zero-order chi connectivity index (χ0) is 18.2. The van der Waals surface area contributed by atoms with Gasteiger partial charge < -0.3 is 15.0 Å². The number of nitrogens with zero attached hydrogens (tertiary/aromatic N) is 2. The molecule has 2 rings (SSSR count). The lowest BCUT2D eigenvalue weighted by Crippen LogP contribution is -2.39. The quantitative estimate of drug-likeness (QED) is 0.644. The smallest absolute Gasteiger partial charge is 0.193 e. The van der Waals surface area contributed by atoms with Crippen LogP contribution < -0.4 is 10.1 Å². The van der Waals surface area contributed by atoms with Gasteiger partial charge in [-0.3, -0.25) is 4.99 Å². The van der Waals surface area contributed by atoms with E-state index in [9.17, 15) is 8.78 Å². The standard InChI is InChI=1S/C19H23F2N3O/c1-22-19(23-12-11-14-8-6-9-16(20)18(14)21)24(2)13-15-7-4-5-10-17(15)25-3/h4-10H,11-13H2,1-3H3,(H,22,23). The third-order valence-corrected chi connectivity index (χ3v) is 3.88. The molecule has 0 fully saturated rings. The molecule has 4 nitrogen and oxygen atoms in total. The molecular weight excluding hydrogens is 324 g/mol. The average Bonchev–Trinajstić information content (AvgIpc) is 2.62. The lowest BCUT2D eigenvalue weighted by atomic mass is 10.1. The normalized spacial score (nSPS) is 11.3. The number of ether oxygens (including phenoxy) is 1. The van der Waals surface area contributed by atoms with E-state index in [0.29, 0.717) is 31.0 Å². The summed E-state index contributed by atoms with van der Waals surface area (Å²) in [5.41, 5.74) is 1.38. The van der Waals surface area contributed by atoms with Crippen molar-refractivity contribution in [3.8, 4) is 5.75 Å². The molecule has 0 spiro atoms. The van der Waals surface area contributed by atoms with Crippen molar-refractivity contribution in [3.63, 3.8) is 0 Å². The lowest BCUT2D eigenvalue weighted by Gasteiger charge is -2.23. The van der Waals surface area contributed by atoms with Crippen LogP contribution in [0.15, 0.2) is 47.5 Å². The van der Waals surface area contributed by atoms with Crippen molar-refractivity contribution < 1.29 is 13.5 Å². The van der Waals surface area contributed by atoms with Gasteiger partial charge in [0.05, 0.1) is 7.11 Å². The Morgan fingerprint density at radius 2 is 1.84 bits per heavy atom. The Labute approximate surface area is 147 Å². The van der Waals surface area contributed by atoms with Gasteiger partial charge in [-0.25, -0.2) is 8.78 Å². The second kappa shape index (κ2) is 9.01. The van der Waals surface area contributed by atoms with Crippen LogP contribution >= 0.6 is 0 Å². The van der Waals surface area contributed by atoms with Gasteiger partial charge in [-0.05, 0) is 24.1 Å². The summed E-state index contributed by atoms with van der Waals surface area (Å²) in [5.74, 6) is -0.133. The summed E-state index contributed by atoms with van der Waals surface area (Å²) in [6, 6.07) is 12.0. The van der Waals surface area contributed by atoms with Crippen LogP contribution in [0.5, 0.6) is 5.75 Å². The van der Waals surface area contributed by atoms with Gasteiger partial charge in [-0.1, -0.05) is 30.3 Å². The zero-order valence-electron chi connectivity index (χ0n) is 14.7. The number of hydrogen-bond acceptors (Lipinski definition) is 2. The third-order valence-electron chi connectivity index (χ3n) is 3.88. The van der Waals surface area contributed by atoms with Crippen molar-refractivity contribution in [2.75, 3.05) is 27.7 Å². The summed E-state index contributed by atoms with van der Waals surface area (Å²) in [5, 5.41) is 3.17. The molecule has 0 aliphatic carbocycles. The number of methoxy groups -OCH3 is 1. The number of nitrogens with one attached hydrogen (secondary N) is 1. The van der Waals surface area contributed by atoms with Crippen molar-refractivity contribution in [2.24, 2.45) is 4.99 Å². The van der Waals surface area contributed by atoms with E-state index in [4.69, 9.17) is 4.74 Å². The molecule has 134 valence electrons. The Hall–Kier alpha value is -2.63. The van der Waals surface area contributed by atoms with E-state index in [1.165, 1.54) is 6.07 Å². The number of rotatable bonds is 6. The molecule has 0 amide bonds. The molecule has 1 N–H and O–H groups in total. The van der Waals surface area contributed by atoms with Crippen molar-refractivity contribution in [1.82, 2.24) is 10.2 Å². The minimum atomic E-state index is -0.824. The molecule has 0 saturated heterocycles. The maximum Gasteiger partial charge on any atom is 0.193 e. The van der Waals surface area contributed by atoms with E-state index in [2.05, 4.69) is 10.3 Å². The average molecular weight is 347 g/mol. The molecule has 2 aromatic carbocycles. The number of benzene rings is 2. The van der Waals surface area contributed by atoms with E-state index in [1.807, 2.05) is 36.2 Å². The highest BCUT2D eigenvalue weighted by Gasteiger charge is 2.11. The summed E-state index contributed by atoms with van der Waals surface area (Å²) in [6.07, 6.45) is 0.366. The zero-order valence-corrected chi connectivity index (χ0v) is 14.7. The largest absolute Gasteiger partial charge is 0.496 e. The SMILES string of the molecule is CN=C(NCCc1cccc(F)c1F)N(C)Cc1ccccc1OC. The second-order valence-electron chi connectivity index (χ2n) is 5.60. The summed E-state index contributed by atoms with van der Waals surface area (Å²) in [6.45, 7) is 1.06. The van der Waals surface area contributed by atoms with Crippen molar-refractivity contribution in [2.45, 2.75) is 13.0 Å². The Balaban J connectivity index is 1.94. The predicted octanol–water partition coefficient (Wildman–Crippen LogP) is 3.22. The molecule has 6 heteroatoms. The predicted molar refractivity (Wildman–Crippen MR) is 95.9 cm³/mol. The molecule has 0 unspecified atom stereocenters. The Morgan fingerprint density at radius 3 is 2.56 bits per heavy atom. The van der Waals surface area contributed by atoms with Crippen LogP contribution in [0.1, 0.15) is 11.1 Å². The number of guanidine groups is 1. The summed E-state index contributed by atoms with van der Waals surface area (Å²) >= 11 is 0. The van der Waals surface area contributed by atoms with Crippen molar-refractivity contribution in [1.29, 1.82) is 0 Å². The maximum absolute atomic E-state index is 13.7. The highest BCUT2D eigenvalue weighted by Crippen LogP contribution is 2.18. The first-order valence-corrected chi connectivity index (χ1v) is 8.03. The molecule has 0 aliphatic rings. The third kappa shape index (κ3) is 4.92. The van der Waals surface area contributed by atoms with E-state index in [-0.39, 0.29) is 0 Å². The molecule has 25 heavy (non-hydrogen) atoms. The Bertz CT molecular complexity index is 734. The van der Waals surface area contributed by atoms with E-state index in [0.717, 1.165) is 17.4 Å². The monoisotopic (exact) mass is 347 g/mol. The summed E-state index contributed by atoms with van der Waals surface area (Å²) in [7, 11) is 5.23. The molecule has 0 heterocycles. The topological polar surface area (TPSA) is 36.9 Å². The molecule has 0 radical (unpaired) electrons. The second-order valence-corrected chi connectivity index (χ2v) is 5.60. The number of aliphatic imine (C=N–C) groups is 1. The van der Waals surface area contributed by atoms with Crippen LogP contribution in [0, 0.1) is 11.6 Å². The maximum atomic E-state index is 13.7. The van der Waals surface area contributed by atoms with E-state index >= 15 is 0 Å². The molecule has 2 aromatic rings. The van der Waals surface area contributed by atoms with Crippen molar-refractivity contribution in [3.05, 3.63) is 65.2 Å². The van der Waals surface area contributed by atoms with Gasteiger partial charge in [0.15, 0.2) is 17.6 Å². The first-order valence-electron chi connectivity index (χ1n) is 8.03. The van der Waals surface area contributed by atoms with E-state index < -0.39 is 11.6 Å². The molecule has 0 bridgehead atoms. The van der Waals surface area contributed by atoms with Crippen LogP contribution in [-0.2, 0) is 13.0 Å². The minimum absolute atomic E-state index is 0.343. The van der Waals surface area contributed by atoms with Gasteiger partial charge in [0.25, 0.3) is 0 Å². The molecule has 0 aromatic heterocycles. The van der Waals surface area contributed by atoms with Crippen LogP contribution in [0.25, 0.3) is 0 Å². The van der Waals surface area contributed by atoms with E-state index in [1.54, 1.807) is 20.2 Å². The number of hydrogen-bond donors (Lipinski definition) is 1. The Morgan fingerprint density at radius 1 is 1.12 bits per heavy atom. The first kappa shape index (κ1) is 18.7. The fraction of sp³-hybridized carbons (Fsp3) is 0.316. The van der Waals surface area contributed by atoms with Crippen LogP contribution in [0.4, 0.5) is 8.78 Å². The van der Waals surface area contributed by atoms with Gasteiger partial charge in [-0.15, -0.1) is 0 Å².